The Labute approximate surface area is 73.6 Å². The third kappa shape index (κ3) is 2.59. The van der Waals surface area contributed by atoms with Crippen LogP contribution < -0.4 is 0 Å². The van der Waals surface area contributed by atoms with Gasteiger partial charge in [0.25, 0.3) is 0 Å². The number of hydrogen-bond donors (Lipinski definition) is 1. The third-order valence-corrected chi connectivity index (χ3v) is 2.54. The second kappa shape index (κ2) is 4.42. The highest BCUT2D eigenvalue weighted by Crippen LogP contribution is 2.30. The fourth-order valence-electron chi connectivity index (χ4n) is 1.53. The van der Waals surface area contributed by atoms with Gasteiger partial charge in [0.05, 0.1) is 12.2 Å². The van der Waals surface area contributed by atoms with Crippen molar-refractivity contribution in [3.8, 4) is 0 Å². The predicted molar refractivity (Wildman–Crippen MR) is 48.2 cm³/mol. The molecule has 0 amide bonds. The Morgan fingerprint density at radius 3 is 3.00 bits per heavy atom. The smallest absolute Gasteiger partial charge is 0.316 e. The average molecular weight is 192 g/mol. The Kier molecular flexibility index (Phi) is 3.78. The Bertz CT molecular complexity index is 177. The van der Waals surface area contributed by atoms with Crippen molar-refractivity contribution in [1.82, 2.24) is 0 Å². The van der Waals surface area contributed by atoms with Gasteiger partial charge in [0, 0.05) is 6.00 Å². The van der Waals surface area contributed by atoms with Crippen molar-refractivity contribution in [2.75, 3.05) is 0 Å². The maximum absolute atomic E-state index is 10.4. The van der Waals surface area contributed by atoms with E-state index >= 15 is 0 Å². The van der Waals surface area contributed by atoms with Crippen LogP contribution in [0.4, 0.5) is 0 Å². The van der Waals surface area contributed by atoms with Crippen molar-refractivity contribution >= 4 is 16.1 Å². The molecular weight excluding hydrogens is 178 g/mol. The SMILES string of the molecule is B[C@H]1C[C@@H](O[PH](=O)O)[C@@H](CC)O1. The maximum atomic E-state index is 10.4. The molecule has 4 nitrogen and oxygen atoms in total. The molecule has 1 aliphatic rings. The first-order chi connectivity index (χ1) is 5.63. The van der Waals surface area contributed by atoms with E-state index in [0.29, 0.717) is 0 Å². The minimum absolute atomic E-state index is 0.0129. The minimum Gasteiger partial charge on any atom is -0.381 e. The molecule has 1 aliphatic heterocycles. The summed E-state index contributed by atoms with van der Waals surface area (Å²) in [6.07, 6.45) is 1.34. The molecule has 1 unspecified atom stereocenters. The van der Waals surface area contributed by atoms with Crippen LogP contribution in [0.2, 0.25) is 0 Å². The van der Waals surface area contributed by atoms with Gasteiger partial charge in [0.1, 0.15) is 7.85 Å². The van der Waals surface area contributed by atoms with Crippen LogP contribution in [0.1, 0.15) is 19.8 Å². The van der Waals surface area contributed by atoms with E-state index in [2.05, 4.69) is 0 Å². The van der Waals surface area contributed by atoms with E-state index in [9.17, 15) is 4.57 Å². The Hall–Kier alpha value is 0.175. The van der Waals surface area contributed by atoms with Crippen molar-refractivity contribution in [2.45, 2.75) is 38.0 Å². The molecule has 4 atom stereocenters. The lowest BCUT2D eigenvalue weighted by Crippen LogP contribution is -2.21. The van der Waals surface area contributed by atoms with E-state index in [1.807, 2.05) is 14.8 Å². The third-order valence-electron chi connectivity index (χ3n) is 2.04. The highest BCUT2D eigenvalue weighted by atomic mass is 31.1. The summed E-state index contributed by atoms with van der Waals surface area (Å²) in [5.41, 5.74) is 0. The Morgan fingerprint density at radius 1 is 1.83 bits per heavy atom. The molecule has 0 bridgehead atoms. The fourth-order valence-corrected chi connectivity index (χ4v) is 2.04. The molecule has 1 saturated heterocycles. The summed E-state index contributed by atoms with van der Waals surface area (Å²) in [4.78, 5) is 8.58. The highest BCUT2D eigenvalue weighted by molar-refractivity contribution is 7.32. The van der Waals surface area contributed by atoms with E-state index in [1.54, 1.807) is 0 Å². The molecule has 1 heterocycles. The molecular formula is C6H14BO4P. The number of rotatable bonds is 3. The largest absolute Gasteiger partial charge is 0.381 e. The lowest BCUT2D eigenvalue weighted by molar-refractivity contribution is 0.0389. The lowest BCUT2D eigenvalue weighted by Gasteiger charge is -2.14. The van der Waals surface area contributed by atoms with Crippen LogP contribution in [-0.2, 0) is 13.8 Å². The van der Waals surface area contributed by atoms with Crippen LogP contribution in [-0.4, -0.2) is 31.0 Å². The molecule has 1 N–H and O–H groups in total. The fraction of sp³-hybridized carbons (Fsp3) is 1.00. The quantitative estimate of drug-likeness (QED) is 0.501. The highest BCUT2D eigenvalue weighted by Gasteiger charge is 2.33. The van der Waals surface area contributed by atoms with Gasteiger partial charge in [-0.1, -0.05) is 6.92 Å². The topological polar surface area (TPSA) is 55.8 Å². The van der Waals surface area contributed by atoms with Crippen molar-refractivity contribution in [1.29, 1.82) is 0 Å². The monoisotopic (exact) mass is 192 g/mol. The minimum atomic E-state index is -2.81. The molecule has 6 heteroatoms. The van der Waals surface area contributed by atoms with Crippen LogP contribution >= 0.6 is 8.25 Å². The van der Waals surface area contributed by atoms with E-state index in [1.165, 1.54) is 0 Å². The number of ether oxygens (including phenoxy) is 1. The zero-order chi connectivity index (χ0) is 9.14. The van der Waals surface area contributed by atoms with Crippen LogP contribution in [0.3, 0.4) is 0 Å². The van der Waals surface area contributed by atoms with E-state index in [4.69, 9.17) is 14.2 Å². The molecule has 0 saturated carbocycles. The lowest BCUT2D eigenvalue weighted by atomic mass is 9.96. The van der Waals surface area contributed by atoms with Crippen molar-refractivity contribution in [2.24, 2.45) is 0 Å². The summed E-state index contributed by atoms with van der Waals surface area (Å²) < 4.78 is 20.8. The number of hydrogen-bond acceptors (Lipinski definition) is 3. The van der Waals surface area contributed by atoms with Gasteiger partial charge in [-0.2, -0.15) is 0 Å². The maximum Gasteiger partial charge on any atom is 0.316 e. The molecule has 12 heavy (non-hydrogen) atoms. The van der Waals surface area contributed by atoms with Crippen LogP contribution in [0, 0.1) is 0 Å². The van der Waals surface area contributed by atoms with E-state index < -0.39 is 8.25 Å². The van der Waals surface area contributed by atoms with E-state index in [0.717, 1.165) is 12.8 Å². The molecule has 0 aromatic carbocycles. The van der Waals surface area contributed by atoms with Crippen LogP contribution in [0.15, 0.2) is 0 Å². The molecule has 0 aromatic heterocycles. The summed E-state index contributed by atoms with van der Waals surface area (Å²) in [6.45, 7) is 1.98. The summed E-state index contributed by atoms with van der Waals surface area (Å²) in [6, 6.07) is 0.140. The summed E-state index contributed by atoms with van der Waals surface area (Å²) in [5.74, 6) is 0. The summed E-state index contributed by atoms with van der Waals surface area (Å²) >= 11 is 0. The molecule has 70 valence electrons. The molecule has 1 rings (SSSR count). The normalized spacial score (nSPS) is 38.3. The first-order valence-corrected chi connectivity index (χ1v) is 5.45. The van der Waals surface area contributed by atoms with Gasteiger partial charge < -0.3 is 14.2 Å². The first kappa shape index (κ1) is 10.3. The molecule has 1 fully saturated rings. The second-order valence-electron chi connectivity index (χ2n) is 3.05. The predicted octanol–water partition coefficient (Wildman–Crippen LogP) is -0.0883. The van der Waals surface area contributed by atoms with Crippen molar-refractivity contribution in [3.05, 3.63) is 0 Å². The summed E-state index contributed by atoms with van der Waals surface area (Å²) in [5, 5.41) is 0. The van der Waals surface area contributed by atoms with Gasteiger partial charge in [-0.3, -0.25) is 4.57 Å². The van der Waals surface area contributed by atoms with Crippen LogP contribution in [0.25, 0.3) is 0 Å². The van der Waals surface area contributed by atoms with Gasteiger partial charge >= 0.3 is 8.25 Å². The molecule has 0 spiro atoms. The first-order valence-electron chi connectivity index (χ1n) is 4.18. The molecule has 0 radical (unpaired) electrons. The van der Waals surface area contributed by atoms with Gasteiger partial charge in [0.15, 0.2) is 0 Å². The Morgan fingerprint density at radius 2 is 2.50 bits per heavy atom. The summed E-state index contributed by atoms with van der Waals surface area (Å²) in [7, 11) is -0.868. The molecule has 0 aliphatic carbocycles. The van der Waals surface area contributed by atoms with Gasteiger partial charge in [-0.05, 0) is 12.8 Å². The van der Waals surface area contributed by atoms with Crippen LogP contribution in [0.5, 0.6) is 0 Å². The second-order valence-corrected chi connectivity index (χ2v) is 3.82. The standard InChI is InChI=1S/C6H14BO4P/c1-2-4-5(11-12(8)9)3-6(7)10-4/h4-6,12H,2-3,7H2,1H3,(H,8,9)/t4-,5-,6-/m1/s1. The zero-order valence-electron chi connectivity index (χ0n) is 7.32. The molecule has 0 aromatic rings. The van der Waals surface area contributed by atoms with Crippen molar-refractivity contribution in [3.63, 3.8) is 0 Å². The Balaban J connectivity index is 2.46. The zero-order valence-corrected chi connectivity index (χ0v) is 8.32. The average Bonchev–Trinajstić information content (AvgIpc) is 2.29. The van der Waals surface area contributed by atoms with E-state index in [-0.39, 0.29) is 18.2 Å². The van der Waals surface area contributed by atoms with Gasteiger partial charge in [0.2, 0.25) is 0 Å². The van der Waals surface area contributed by atoms with Gasteiger partial charge in [-0.25, -0.2) is 0 Å². The van der Waals surface area contributed by atoms with Gasteiger partial charge in [-0.15, -0.1) is 0 Å². The van der Waals surface area contributed by atoms with Crippen molar-refractivity contribution < 1.29 is 18.7 Å².